The number of methoxy groups -OCH3 is 2. The first kappa shape index (κ1) is 26.8. The molecule has 1 atom stereocenters. The third-order valence-electron chi connectivity index (χ3n) is 5.24. The smallest absolute Gasteiger partial charge is 0.191 e. The maximum absolute atomic E-state index is 5.52. The van der Waals surface area contributed by atoms with Gasteiger partial charge in [0.1, 0.15) is 5.75 Å². The summed E-state index contributed by atoms with van der Waals surface area (Å²) in [6.45, 7) is 9.61. The predicted octanol–water partition coefficient (Wildman–Crippen LogP) is 2.66. The number of ether oxygens (including phenoxy) is 2. The van der Waals surface area contributed by atoms with Gasteiger partial charge in [0.2, 0.25) is 0 Å². The molecule has 0 spiro atoms. The van der Waals surface area contributed by atoms with Gasteiger partial charge in [-0.05, 0) is 44.9 Å². The van der Waals surface area contributed by atoms with Crippen LogP contribution in [0, 0.1) is 5.92 Å². The molecule has 7 nitrogen and oxygen atoms in total. The Labute approximate surface area is 199 Å². The highest BCUT2D eigenvalue weighted by Gasteiger charge is 2.24. The van der Waals surface area contributed by atoms with Crippen molar-refractivity contribution in [3.8, 4) is 5.75 Å². The summed E-state index contributed by atoms with van der Waals surface area (Å²) in [7, 11) is 5.63. The Hall–Kier alpha value is -1.26. The molecule has 2 rings (SSSR count). The van der Waals surface area contributed by atoms with E-state index in [0.717, 1.165) is 77.0 Å². The zero-order valence-electron chi connectivity index (χ0n) is 19.0. The molecular weight excluding hydrogens is 493 g/mol. The molecule has 0 radical (unpaired) electrons. The second kappa shape index (κ2) is 15.5. The summed E-state index contributed by atoms with van der Waals surface area (Å²) < 4.78 is 10.6. The number of hydrogen-bond acceptors (Lipinski definition) is 5. The molecule has 1 aromatic carbocycles. The van der Waals surface area contributed by atoms with Gasteiger partial charge in [-0.25, -0.2) is 0 Å². The lowest BCUT2D eigenvalue weighted by Crippen LogP contribution is -2.41. The van der Waals surface area contributed by atoms with Crippen LogP contribution in [0.5, 0.6) is 5.75 Å². The molecule has 172 valence electrons. The Morgan fingerprint density at radius 3 is 2.77 bits per heavy atom. The van der Waals surface area contributed by atoms with Crippen LogP contribution >= 0.6 is 24.0 Å². The number of guanidine groups is 1. The van der Waals surface area contributed by atoms with Gasteiger partial charge in [0.25, 0.3) is 0 Å². The van der Waals surface area contributed by atoms with Gasteiger partial charge < -0.3 is 29.9 Å². The van der Waals surface area contributed by atoms with Crippen LogP contribution in [0.4, 0.5) is 5.69 Å². The van der Waals surface area contributed by atoms with Crippen LogP contribution in [0.15, 0.2) is 29.3 Å². The van der Waals surface area contributed by atoms with Crippen LogP contribution in [0.2, 0.25) is 0 Å². The summed E-state index contributed by atoms with van der Waals surface area (Å²) >= 11 is 0. The minimum Gasteiger partial charge on any atom is -0.495 e. The fourth-order valence-corrected chi connectivity index (χ4v) is 3.61. The number of likely N-dealkylation sites (N-methyl/N-ethyl adjacent to an activating group) is 1. The number of halogens is 1. The minimum atomic E-state index is 0. The molecule has 1 aliphatic rings. The molecule has 1 unspecified atom stereocenters. The van der Waals surface area contributed by atoms with Gasteiger partial charge in [-0.3, -0.25) is 4.99 Å². The Morgan fingerprint density at radius 2 is 2.03 bits per heavy atom. The van der Waals surface area contributed by atoms with E-state index < -0.39 is 0 Å². The SMILES string of the molecule is CCNC(=NCC1CCN(c2ccccc2OC)C1)NCCN(C)CCCOC.I. The quantitative estimate of drug-likeness (QED) is 0.187. The average Bonchev–Trinajstić information content (AvgIpc) is 3.21. The number of nitrogens with zero attached hydrogens (tertiary/aromatic N) is 3. The van der Waals surface area contributed by atoms with E-state index in [1.54, 1.807) is 14.2 Å². The maximum Gasteiger partial charge on any atom is 0.191 e. The van der Waals surface area contributed by atoms with E-state index in [4.69, 9.17) is 14.5 Å². The molecule has 1 aromatic rings. The molecular formula is C22H40IN5O2. The molecule has 2 N–H and O–H groups in total. The van der Waals surface area contributed by atoms with Gasteiger partial charge in [-0.2, -0.15) is 0 Å². The summed E-state index contributed by atoms with van der Waals surface area (Å²) in [6, 6.07) is 8.26. The first-order chi connectivity index (χ1) is 14.2. The normalized spacial score (nSPS) is 16.5. The van der Waals surface area contributed by atoms with Gasteiger partial charge in [-0.1, -0.05) is 12.1 Å². The molecule has 1 saturated heterocycles. The van der Waals surface area contributed by atoms with Crippen molar-refractivity contribution < 1.29 is 9.47 Å². The lowest BCUT2D eigenvalue weighted by atomic mass is 10.1. The molecule has 1 aliphatic heterocycles. The van der Waals surface area contributed by atoms with E-state index in [1.807, 2.05) is 12.1 Å². The largest absolute Gasteiger partial charge is 0.495 e. The first-order valence-corrected chi connectivity index (χ1v) is 10.8. The molecule has 0 amide bonds. The van der Waals surface area contributed by atoms with Crippen molar-refractivity contribution in [3.63, 3.8) is 0 Å². The highest BCUT2D eigenvalue weighted by Crippen LogP contribution is 2.31. The number of anilines is 1. The summed E-state index contributed by atoms with van der Waals surface area (Å²) in [5.74, 6) is 2.42. The number of nitrogens with one attached hydrogen (secondary N) is 2. The van der Waals surface area contributed by atoms with Gasteiger partial charge in [-0.15, -0.1) is 24.0 Å². The van der Waals surface area contributed by atoms with E-state index in [-0.39, 0.29) is 24.0 Å². The number of para-hydroxylation sites is 2. The zero-order valence-corrected chi connectivity index (χ0v) is 21.4. The third-order valence-corrected chi connectivity index (χ3v) is 5.24. The number of hydrogen-bond donors (Lipinski definition) is 2. The number of benzene rings is 1. The summed E-state index contributed by atoms with van der Waals surface area (Å²) in [5, 5.41) is 6.82. The lowest BCUT2D eigenvalue weighted by molar-refractivity contribution is 0.180. The second-order valence-corrected chi connectivity index (χ2v) is 7.57. The van der Waals surface area contributed by atoms with Crippen LogP contribution < -0.4 is 20.3 Å². The average molecular weight is 533 g/mol. The van der Waals surface area contributed by atoms with Crippen LogP contribution in [0.3, 0.4) is 0 Å². The van der Waals surface area contributed by atoms with Crippen LogP contribution in [-0.4, -0.2) is 84.5 Å². The van der Waals surface area contributed by atoms with E-state index in [0.29, 0.717) is 5.92 Å². The predicted molar refractivity (Wildman–Crippen MR) is 137 cm³/mol. The van der Waals surface area contributed by atoms with Crippen LogP contribution in [0.25, 0.3) is 0 Å². The lowest BCUT2D eigenvalue weighted by Gasteiger charge is -2.21. The van der Waals surface area contributed by atoms with Crippen molar-refractivity contribution in [2.24, 2.45) is 10.9 Å². The monoisotopic (exact) mass is 533 g/mol. The number of aliphatic imine (C=N–C) groups is 1. The molecule has 1 heterocycles. The summed E-state index contributed by atoms with van der Waals surface area (Å²) in [6.07, 6.45) is 2.22. The van der Waals surface area contributed by atoms with E-state index in [1.165, 1.54) is 5.69 Å². The van der Waals surface area contributed by atoms with Crippen LogP contribution in [-0.2, 0) is 4.74 Å². The Morgan fingerprint density at radius 1 is 1.23 bits per heavy atom. The summed E-state index contributed by atoms with van der Waals surface area (Å²) in [5.41, 5.74) is 1.18. The topological polar surface area (TPSA) is 61.4 Å². The third kappa shape index (κ3) is 9.26. The van der Waals surface area contributed by atoms with Crippen molar-refractivity contribution >= 4 is 35.6 Å². The molecule has 8 heteroatoms. The molecule has 1 fully saturated rings. The fraction of sp³-hybridized carbons (Fsp3) is 0.682. The van der Waals surface area contributed by atoms with Crippen molar-refractivity contribution in [3.05, 3.63) is 24.3 Å². The number of rotatable bonds is 12. The minimum absolute atomic E-state index is 0. The molecule has 0 aromatic heterocycles. The van der Waals surface area contributed by atoms with Gasteiger partial charge >= 0.3 is 0 Å². The van der Waals surface area contributed by atoms with E-state index in [9.17, 15) is 0 Å². The molecule has 30 heavy (non-hydrogen) atoms. The van der Waals surface area contributed by atoms with E-state index in [2.05, 4.69) is 46.5 Å². The zero-order chi connectivity index (χ0) is 20.9. The molecule has 0 bridgehead atoms. The fourth-order valence-electron chi connectivity index (χ4n) is 3.61. The van der Waals surface area contributed by atoms with Gasteiger partial charge in [0, 0.05) is 59.5 Å². The molecule has 0 aliphatic carbocycles. The Balaban J connectivity index is 0.00000450. The van der Waals surface area contributed by atoms with Crippen LogP contribution in [0.1, 0.15) is 19.8 Å². The second-order valence-electron chi connectivity index (χ2n) is 7.57. The van der Waals surface area contributed by atoms with Gasteiger partial charge in [0.05, 0.1) is 12.8 Å². The Bertz CT molecular complexity index is 617. The highest BCUT2D eigenvalue weighted by atomic mass is 127. The first-order valence-electron chi connectivity index (χ1n) is 10.8. The molecule has 0 saturated carbocycles. The van der Waals surface area contributed by atoms with Crippen molar-refractivity contribution in [1.82, 2.24) is 15.5 Å². The maximum atomic E-state index is 5.52. The Kier molecular flexibility index (Phi) is 13.9. The highest BCUT2D eigenvalue weighted by molar-refractivity contribution is 14.0. The van der Waals surface area contributed by atoms with E-state index >= 15 is 0 Å². The van der Waals surface area contributed by atoms with Crippen molar-refractivity contribution in [1.29, 1.82) is 0 Å². The van der Waals surface area contributed by atoms with Gasteiger partial charge in [0.15, 0.2) is 5.96 Å². The summed E-state index contributed by atoms with van der Waals surface area (Å²) in [4.78, 5) is 9.56. The standard InChI is InChI=1S/C22H39N5O2.HI/c1-5-23-22(24-12-15-26(2)13-8-16-28-3)25-17-19-11-14-27(18-19)20-9-6-7-10-21(20)29-4;/h6-7,9-10,19H,5,8,11-18H2,1-4H3,(H2,23,24,25);1H. The van der Waals surface area contributed by atoms with Crippen molar-refractivity contribution in [2.75, 3.05) is 78.6 Å². The van der Waals surface area contributed by atoms with Crippen molar-refractivity contribution in [2.45, 2.75) is 19.8 Å².